The number of carbonyl (C=O) groups is 3. The van der Waals surface area contributed by atoms with Crippen molar-refractivity contribution in [1.82, 2.24) is 9.62 Å². The second-order valence-electron chi connectivity index (χ2n) is 7.49. The number of fused-ring (bicyclic) bond motifs is 1. The van der Waals surface area contributed by atoms with E-state index in [2.05, 4.69) is 4.72 Å². The van der Waals surface area contributed by atoms with Crippen LogP contribution >= 0.6 is 11.9 Å². The molecule has 0 spiro atoms. The summed E-state index contributed by atoms with van der Waals surface area (Å²) in [5.41, 5.74) is 0.548. The number of carboxylic acid groups (broad SMARTS) is 2. The zero-order valence-electron chi connectivity index (χ0n) is 17.5. The highest BCUT2D eigenvalue weighted by atomic mass is 32.2. The van der Waals surface area contributed by atoms with Gasteiger partial charge in [0.2, 0.25) is 0 Å². The van der Waals surface area contributed by atoms with Gasteiger partial charge in [-0.05, 0) is 32.9 Å². The maximum atomic E-state index is 12.3. The molecular formula is C20H26N2O7S-2. The lowest BCUT2D eigenvalue weighted by Crippen LogP contribution is -2.60. The van der Waals surface area contributed by atoms with Crippen LogP contribution in [0, 0.1) is 0 Å². The third-order valence-corrected chi connectivity index (χ3v) is 6.09. The predicted octanol–water partition coefficient (Wildman–Crippen LogP) is -0.529. The van der Waals surface area contributed by atoms with E-state index in [4.69, 9.17) is 9.47 Å². The van der Waals surface area contributed by atoms with Gasteiger partial charge >= 0.3 is 5.97 Å². The second kappa shape index (κ2) is 9.67. The molecule has 0 aromatic heterocycles. The number of benzene rings is 1. The molecule has 1 aliphatic heterocycles. The van der Waals surface area contributed by atoms with Gasteiger partial charge in [-0.25, -0.2) is 0 Å². The molecule has 1 atom stereocenters. The van der Waals surface area contributed by atoms with Gasteiger partial charge in [0, 0.05) is 18.5 Å². The largest absolute Gasteiger partial charge is 0.549 e. The van der Waals surface area contributed by atoms with Gasteiger partial charge in [-0.15, -0.1) is 0 Å². The molecule has 0 fully saturated rings. The Labute approximate surface area is 179 Å². The Morgan fingerprint density at radius 1 is 1.30 bits per heavy atom. The van der Waals surface area contributed by atoms with Crippen molar-refractivity contribution in [3.8, 4) is 11.5 Å². The lowest BCUT2D eigenvalue weighted by molar-refractivity contribution is -0.317. The van der Waals surface area contributed by atoms with E-state index in [0.717, 1.165) is 5.56 Å². The molecule has 2 rings (SSSR count). The summed E-state index contributed by atoms with van der Waals surface area (Å²) in [5.74, 6) is -2.70. The average Bonchev–Trinajstić information content (AvgIpc) is 2.98. The number of ether oxygens (including phenoxy) is 2. The molecule has 1 aromatic carbocycles. The smallest absolute Gasteiger partial charge is 0.326 e. The Morgan fingerprint density at radius 3 is 2.57 bits per heavy atom. The molecule has 166 valence electrons. The van der Waals surface area contributed by atoms with Crippen LogP contribution in [0.25, 0.3) is 0 Å². The van der Waals surface area contributed by atoms with Crippen LogP contribution in [-0.2, 0) is 20.8 Å². The molecule has 0 aliphatic carbocycles. The van der Waals surface area contributed by atoms with Crippen LogP contribution in [0.3, 0.4) is 0 Å². The zero-order valence-corrected chi connectivity index (χ0v) is 18.3. The standard InChI is InChI=1S/C20H28N2O7S/c1-5-20(18(26)27,22(6-2)12-15(23)24)30-21-11-16(25)28-14-9-7-8-13-10-19(3,4)29-17(13)14/h7-9,21H,5-6,10-12H2,1-4H3,(H,23,24)(H,26,27)/p-2. The van der Waals surface area contributed by atoms with Crippen LogP contribution in [0.2, 0.25) is 0 Å². The van der Waals surface area contributed by atoms with Crippen molar-refractivity contribution in [3.63, 3.8) is 0 Å². The van der Waals surface area contributed by atoms with Crippen molar-refractivity contribution >= 4 is 29.9 Å². The molecule has 0 amide bonds. The number of esters is 1. The molecule has 0 saturated carbocycles. The summed E-state index contributed by atoms with van der Waals surface area (Å²) in [6.07, 6.45) is 0.732. The van der Waals surface area contributed by atoms with E-state index in [1.165, 1.54) is 4.90 Å². The fourth-order valence-corrected chi connectivity index (χ4v) is 4.35. The Balaban J connectivity index is 2.03. The Hall–Kier alpha value is -2.30. The first-order valence-electron chi connectivity index (χ1n) is 9.63. The van der Waals surface area contributed by atoms with Crippen LogP contribution in [0.4, 0.5) is 0 Å². The number of nitrogens with zero attached hydrogens (tertiary/aromatic N) is 1. The Kier molecular flexibility index (Phi) is 7.73. The number of nitrogens with one attached hydrogen (secondary N) is 1. The monoisotopic (exact) mass is 438 g/mol. The van der Waals surface area contributed by atoms with Gasteiger partial charge < -0.3 is 29.3 Å². The second-order valence-corrected chi connectivity index (χ2v) is 8.66. The number of hydrogen-bond donors (Lipinski definition) is 1. The minimum absolute atomic E-state index is 0.0400. The summed E-state index contributed by atoms with van der Waals surface area (Å²) in [6, 6.07) is 5.30. The number of rotatable bonds is 11. The van der Waals surface area contributed by atoms with Crippen LogP contribution in [-0.4, -0.2) is 52.9 Å². The molecule has 1 N–H and O–H groups in total. The van der Waals surface area contributed by atoms with Crippen molar-refractivity contribution in [2.45, 2.75) is 51.0 Å². The molecule has 1 aromatic rings. The molecule has 0 radical (unpaired) electrons. The molecule has 0 saturated heterocycles. The molecule has 1 unspecified atom stereocenters. The van der Waals surface area contributed by atoms with E-state index in [0.29, 0.717) is 29.9 Å². The summed E-state index contributed by atoms with van der Waals surface area (Å²) < 4.78 is 13.9. The fourth-order valence-electron chi connectivity index (χ4n) is 3.37. The van der Waals surface area contributed by atoms with Crippen molar-refractivity contribution in [3.05, 3.63) is 23.8 Å². The van der Waals surface area contributed by atoms with E-state index < -0.39 is 34.9 Å². The highest BCUT2D eigenvalue weighted by Crippen LogP contribution is 2.41. The maximum Gasteiger partial charge on any atom is 0.326 e. The van der Waals surface area contributed by atoms with E-state index >= 15 is 0 Å². The number of aliphatic carboxylic acids is 2. The zero-order chi connectivity index (χ0) is 22.5. The van der Waals surface area contributed by atoms with Crippen molar-refractivity contribution in [2.24, 2.45) is 0 Å². The van der Waals surface area contributed by atoms with Crippen molar-refractivity contribution < 1.29 is 34.1 Å². The lowest BCUT2D eigenvalue weighted by Gasteiger charge is -2.43. The number of likely N-dealkylation sites (N-methyl/N-ethyl adjacent to an activating group) is 1. The first kappa shape index (κ1) is 24.0. The highest BCUT2D eigenvalue weighted by Gasteiger charge is 2.37. The van der Waals surface area contributed by atoms with Crippen LogP contribution in [0.15, 0.2) is 18.2 Å². The molecule has 9 nitrogen and oxygen atoms in total. The van der Waals surface area contributed by atoms with Crippen LogP contribution < -0.4 is 24.4 Å². The van der Waals surface area contributed by atoms with Gasteiger partial charge in [-0.1, -0.05) is 37.9 Å². The molecule has 0 bridgehead atoms. The number of para-hydroxylation sites is 1. The predicted molar refractivity (Wildman–Crippen MR) is 106 cm³/mol. The van der Waals surface area contributed by atoms with Gasteiger partial charge in [0.25, 0.3) is 0 Å². The van der Waals surface area contributed by atoms with Crippen molar-refractivity contribution in [1.29, 1.82) is 0 Å². The summed E-state index contributed by atoms with van der Waals surface area (Å²) in [7, 11) is 0. The van der Waals surface area contributed by atoms with E-state index in [1.54, 1.807) is 26.0 Å². The third kappa shape index (κ3) is 5.44. The maximum absolute atomic E-state index is 12.3. The van der Waals surface area contributed by atoms with Gasteiger partial charge in [0.15, 0.2) is 11.5 Å². The van der Waals surface area contributed by atoms with Crippen LogP contribution in [0.1, 0.15) is 39.7 Å². The normalized spacial score (nSPS) is 16.4. The number of carbonyl (C=O) groups excluding carboxylic acids is 3. The number of carboxylic acids is 2. The van der Waals surface area contributed by atoms with Crippen LogP contribution in [0.5, 0.6) is 11.5 Å². The van der Waals surface area contributed by atoms with E-state index in [1.807, 2.05) is 19.9 Å². The lowest BCUT2D eigenvalue weighted by atomic mass is 10.0. The molecular weight excluding hydrogens is 412 g/mol. The van der Waals surface area contributed by atoms with Gasteiger partial charge in [0.1, 0.15) is 17.0 Å². The fraction of sp³-hybridized carbons (Fsp3) is 0.550. The van der Waals surface area contributed by atoms with E-state index in [-0.39, 0.29) is 19.5 Å². The third-order valence-electron chi connectivity index (χ3n) is 4.75. The first-order chi connectivity index (χ1) is 14.0. The molecule has 1 heterocycles. The number of hydrogen-bond acceptors (Lipinski definition) is 10. The van der Waals surface area contributed by atoms with Gasteiger partial charge in [0.05, 0.1) is 11.9 Å². The molecule has 10 heteroatoms. The Morgan fingerprint density at radius 2 is 2.00 bits per heavy atom. The summed E-state index contributed by atoms with van der Waals surface area (Å²) >= 11 is 0.707. The van der Waals surface area contributed by atoms with Gasteiger partial charge in [-0.3, -0.25) is 14.4 Å². The highest BCUT2D eigenvalue weighted by molar-refractivity contribution is 7.99. The molecule has 30 heavy (non-hydrogen) atoms. The van der Waals surface area contributed by atoms with Gasteiger partial charge in [-0.2, -0.15) is 0 Å². The molecule has 1 aliphatic rings. The minimum atomic E-state index is -1.68. The minimum Gasteiger partial charge on any atom is -0.549 e. The van der Waals surface area contributed by atoms with E-state index in [9.17, 15) is 24.6 Å². The van der Waals surface area contributed by atoms with Crippen molar-refractivity contribution in [2.75, 3.05) is 19.6 Å². The topological polar surface area (TPSA) is 131 Å². The summed E-state index contributed by atoms with van der Waals surface area (Å²) in [6.45, 7) is 6.34. The SMILES string of the molecule is CCN(CC(=O)[O-])C(CC)(SNCC(=O)Oc1cccc2c1OC(C)(C)C2)C(=O)[O-]. The summed E-state index contributed by atoms with van der Waals surface area (Å²) in [4.78, 5) is 34.7. The Bertz CT molecular complexity index is 814. The first-order valence-corrected chi connectivity index (χ1v) is 10.4. The summed E-state index contributed by atoms with van der Waals surface area (Å²) in [5, 5.41) is 22.8. The average molecular weight is 439 g/mol. The quantitative estimate of drug-likeness (QED) is 0.208.